The van der Waals surface area contributed by atoms with E-state index in [0.717, 1.165) is 21.9 Å². The second-order valence-electron chi connectivity index (χ2n) is 4.89. The molecule has 1 amide bonds. The molecule has 0 aromatic heterocycles. The van der Waals surface area contributed by atoms with Crippen molar-refractivity contribution in [1.29, 1.82) is 0 Å². The van der Waals surface area contributed by atoms with Crippen LogP contribution in [0.1, 0.15) is 16.7 Å². The van der Waals surface area contributed by atoms with Crippen molar-refractivity contribution in [3.05, 3.63) is 70.2 Å². The molecule has 0 aliphatic carbocycles. The monoisotopic (exact) mass is 319 g/mol. The van der Waals surface area contributed by atoms with Crippen molar-refractivity contribution < 1.29 is 4.79 Å². The highest BCUT2D eigenvalue weighted by Crippen LogP contribution is 2.16. The normalized spacial score (nSPS) is 10.4. The van der Waals surface area contributed by atoms with E-state index < -0.39 is 0 Å². The SMILES string of the molecule is Cc1ccc(CNC(=O)CSCc2cccc(Cl)c2)cc1. The zero-order valence-electron chi connectivity index (χ0n) is 11.9. The van der Waals surface area contributed by atoms with Gasteiger partial charge in [0.05, 0.1) is 5.75 Å². The van der Waals surface area contributed by atoms with E-state index in [1.165, 1.54) is 5.56 Å². The predicted octanol–water partition coefficient (Wildman–Crippen LogP) is 4.20. The molecule has 2 aromatic carbocycles. The molecule has 4 heteroatoms. The van der Waals surface area contributed by atoms with Gasteiger partial charge in [-0.1, -0.05) is 53.6 Å². The fourth-order valence-electron chi connectivity index (χ4n) is 1.85. The summed E-state index contributed by atoms with van der Waals surface area (Å²) in [5.74, 6) is 1.30. The van der Waals surface area contributed by atoms with E-state index in [4.69, 9.17) is 11.6 Å². The largest absolute Gasteiger partial charge is 0.351 e. The lowest BCUT2D eigenvalue weighted by Gasteiger charge is -2.06. The molecular weight excluding hydrogens is 302 g/mol. The van der Waals surface area contributed by atoms with E-state index in [9.17, 15) is 4.79 Å². The van der Waals surface area contributed by atoms with Gasteiger partial charge >= 0.3 is 0 Å². The van der Waals surface area contributed by atoms with Crippen LogP contribution in [0.3, 0.4) is 0 Å². The summed E-state index contributed by atoms with van der Waals surface area (Å²) in [4.78, 5) is 11.8. The number of aryl methyl sites for hydroxylation is 1. The maximum Gasteiger partial charge on any atom is 0.230 e. The van der Waals surface area contributed by atoms with Gasteiger partial charge in [0.1, 0.15) is 0 Å². The van der Waals surface area contributed by atoms with Gasteiger partial charge in [0.2, 0.25) is 5.91 Å². The number of benzene rings is 2. The zero-order valence-corrected chi connectivity index (χ0v) is 13.5. The summed E-state index contributed by atoms with van der Waals surface area (Å²) in [6.45, 7) is 2.63. The molecule has 110 valence electrons. The fourth-order valence-corrected chi connectivity index (χ4v) is 2.86. The molecule has 0 heterocycles. The van der Waals surface area contributed by atoms with Gasteiger partial charge in [-0.15, -0.1) is 11.8 Å². The molecule has 0 atom stereocenters. The molecule has 0 saturated carbocycles. The molecule has 0 aliphatic rings. The minimum atomic E-state index is 0.0580. The molecule has 0 fully saturated rings. The van der Waals surface area contributed by atoms with Crippen molar-refractivity contribution >= 4 is 29.3 Å². The molecule has 21 heavy (non-hydrogen) atoms. The number of thioether (sulfide) groups is 1. The van der Waals surface area contributed by atoms with E-state index in [0.29, 0.717) is 12.3 Å². The third kappa shape index (κ3) is 5.82. The van der Waals surface area contributed by atoms with Crippen molar-refractivity contribution in [3.8, 4) is 0 Å². The summed E-state index contributed by atoms with van der Waals surface area (Å²) in [5.41, 5.74) is 3.48. The first-order valence-corrected chi connectivity index (χ1v) is 8.31. The van der Waals surface area contributed by atoms with Gasteiger partial charge in [-0.3, -0.25) is 4.79 Å². The molecule has 2 rings (SSSR count). The van der Waals surface area contributed by atoms with Crippen molar-refractivity contribution in [3.63, 3.8) is 0 Å². The maximum absolute atomic E-state index is 11.8. The Balaban J connectivity index is 1.69. The van der Waals surface area contributed by atoms with Crippen LogP contribution in [0.25, 0.3) is 0 Å². The molecule has 0 unspecified atom stereocenters. The maximum atomic E-state index is 11.8. The Morgan fingerprint density at radius 1 is 1.14 bits per heavy atom. The van der Waals surface area contributed by atoms with Crippen molar-refractivity contribution in [2.45, 2.75) is 19.2 Å². The zero-order chi connectivity index (χ0) is 15.1. The smallest absolute Gasteiger partial charge is 0.230 e. The van der Waals surface area contributed by atoms with E-state index in [2.05, 4.69) is 24.4 Å². The van der Waals surface area contributed by atoms with Crippen molar-refractivity contribution in [1.82, 2.24) is 5.32 Å². The Bertz CT molecular complexity index is 598. The molecule has 2 nitrogen and oxygen atoms in total. The van der Waals surface area contributed by atoms with Crippen LogP contribution in [-0.4, -0.2) is 11.7 Å². The highest BCUT2D eigenvalue weighted by atomic mass is 35.5. The Kier molecular flexibility index (Phi) is 6.15. The van der Waals surface area contributed by atoms with Gasteiger partial charge in [0, 0.05) is 17.3 Å². The minimum absolute atomic E-state index is 0.0580. The Labute approximate surface area is 134 Å². The quantitative estimate of drug-likeness (QED) is 0.864. The number of hydrogen-bond donors (Lipinski definition) is 1. The van der Waals surface area contributed by atoms with Crippen LogP contribution >= 0.6 is 23.4 Å². The van der Waals surface area contributed by atoms with Gasteiger partial charge in [-0.25, -0.2) is 0 Å². The van der Waals surface area contributed by atoms with Gasteiger partial charge in [-0.05, 0) is 30.2 Å². The molecule has 1 N–H and O–H groups in total. The van der Waals surface area contributed by atoms with Crippen molar-refractivity contribution in [2.24, 2.45) is 0 Å². The lowest BCUT2D eigenvalue weighted by Crippen LogP contribution is -2.24. The number of halogens is 1. The lowest BCUT2D eigenvalue weighted by molar-refractivity contribution is -0.118. The average molecular weight is 320 g/mol. The molecule has 0 bridgehead atoms. The third-order valence-corrected chi connectivity index (χ3v) is 4.24. The van der Waals surface area contributed by atoms with Gasteiger partial charge in [0.15, 0.2) is 0 Å². The average Bonchev–Trinajstić information content (AvgIpc) is 2.47. The van der Waals surface area contributed by atoms with Crippen molar-refractivity contribution in [2.75, 3.05) is 5.75 Å². The summed E-state index contributed by atoms with van der Waals surface area (Å²) in [5, 5.41) is 3.66. The Morgan fingerprint density at radius 3 is 2.62 bits per heavy atom. The van der Waals surface area contributed by atoms with Gasteiger partial charge in [-0.2, -0.15) is 0 Å². The first kappa shape index (κ1) is 15.9. The number of carbonyl (C=O) groups is 1. The summed E-state index contributed by atoms with van der Waals surface area (Å²) < 4.78 is 0. The minimum Gasteiger partial charge on any atom is -0.351 e. The van der Waals surface area contributed by atoms with E-state index >= 15 is 0 Å². The van der Waals surface area contributed by atoms with Crippen LogP contribution in [0.4, 0.5) is 0 Å². The summed E-state index contributed by atoms with van der Waals surface area (Å²) in [6.07, 6.45) is 0. The number of amides is 1. The summed E-state index contributed by atoms with van der Waals surface area (Å²) in [7, 11) is 0. The number of nitrogens with one attached hydrogen (secondary N) is 1. The van der Waals surface area contributed by atoms with Crippen LogP contribution in [0.15, 0.2) is 48.5 Å². The molecule has 0 saturated heterocycles. The standard InChI is InChI=1S/C17H18ClNOS/c1-13-5-7-14(8-6-13)10-19-17(20)12-21-11-15-3-2-4-16(18)9-15/h2-9H,10-12H2,1H3,(H,19,20). The van der Waals surface area contributed by atoms with Gasteiger partial charge in [0.25, 0.3) is 0 Å². The van der Waals surface area contributed by atoms with Crippen LogP contribution < -0.4 is 5.32 Å². The predicted molar refractivity (Wildman–Crippen MR) is 90.6 cm³/mol. The molecule has 0 radical (unpaired) electrons. The lowest BCUT2D eigenvalue weighted by atomic mass is 10.1. The molecule has 0 spiro atoms. The Morgan fingerprint density at radius 2 is 1.90 bits per heavy atom. The van der Waals surface area contributed by atoms with Crippen LogP contribution in [-0.2, 0) is 17.1 Å². The fraction of sp³-hybridized carbons (Fsp3) is 0.235. The van der Waals surface area contributed by atoms with Crippen LogP contribution in [0, 0.1) is 6.92 Å². The third-order valence-electron chi connectivity index (χ3n) is 3.00. The number of hydrogen-bond acceptors (Lipinski definition) is 2. The number of rotatable bonds is 6. The summed E-state index contributed by atoms with van der Waals surface area (Å²) >= 11 is 7.52. The first-order valence-electron chi connectivity index (χ1n) is 6.78. The summed E-state index contributed by atoms with van der Waals surface area (Å²) in [6, 6.07) is 15.9. The second-order valence-corrected chi connectivity index (χ2v) is 6.31. The number of carbonyl (C=O) groups excluding carboxylic acids is 1. The van der Waals surface area contributed by atoms with Gasteiger partial charge < -0.3 is 5.32 Å². The van der Waals surface area contributed by atoms with Crippen LogP contribution in [0.5, 0.6) is 0 Å². The molecule has 0 aliphatic heterocycles. The van der Waals surface area contributed by atoms with E-state index in [-0.39, 0.29) is 5.91 Å². The molecule has 2 aromatic rings. The second kappa shape index (κ2) is 8.11. The first-order chi connectivity index (χ1) is 10.1. The van der Waals surface area contributed by atoms with E-state index in [1.807, 2.05) is 36.4 Å². The van der Waals surface area contributed by atoms with Crippen LogP contribution in [0.2, 0.25) is 5.02 Å². The Hall–Kier alpha value is -1.45. The van der Waals surface area contributed by atoms with E-state index in [1.54, 1.807) is 11.8 Å². The topological polar surface area (TPSA) is 29.1 Å². The molecular formula is C17H18ClNOS. The highest BCUT2D eigenvalue weighted by Gasteiger charge is 2.02. The highest BCUT2D eigenvalue weighted by molar-refractivity contribution is 7.99.